The number of methoxy groups -OCH3 is 1. The second-order valence-corrected chi connectivity index (χ2v) is 4.44. The van der Waals surface area contributed by atoms with Gasteiger partial charge in [-0.05, 0) is 18.2 Å². The standard InChI is InChI=1S/C12H14ClNO3/c1-16-11-3-2-9(13)5-10(11)14-12(15)4-8-6-17-7-8/h2-3,5,8H,4,6-7H2,1H3,(H,14,15). The van der Waals surface area contributed by atoms with Gasteiger partial charge in [0.25, 0.3) is 0 Å². The number of amides is 1. The van der Waals surface area contributed by atoms with Gasteiger partial charge in [0.1, 0.15) is 5.75 Å². The number of hydrogen-bond acceptors (Lipinski definition) is 3. The summed E-state index contributed by atoms with van der Waals surface area (Å²) in [4.78, 5) is 11.7. The monoisotopic (exact) mass is 255 g/mol. The second kappa shape index (κ2) is 5.38. The molecule has 4 nitrogen and oxygen atoms in total. The molecule has 0 radical (unpaired) electrons. The highest BCUT2D eigenvalue weighted by Gasteiger charge is 2.22. The molecule has 1 amide bonds. The van der Waals surface area contributed by atoms with Crippen LogP contribution in [0.15, 0.2) is 18.2 Å². The van der Waals surface area contributed by atoms with E-state index in [1.807, 2.05) is 0 Å². The molecule has 1 saturated heterocycles. The number of halogens is 1. The van der Waals surface area contributed by atoms with Crippen molar-refractivity contribution in [3.05, 3.63) is 23.2 Å². The first kappa shape index (κ1) is 12.2. The number of rotatable bonds is 4. The predicted molar refractivity (Wildman–Crippen MR) is 65.6 cm³/mol. The maximum atomic E-state index is 11.7. The first-order chi connectivity index (χ1) is 8.19. The number of hydrogen-bond donors (Lipinski definition) is 1. The molecule has 1 heterocycles. The molecule has 0 unspecified atom stereocenters. The van der Waals surface area contributed by atoms with Crippen LogP contribution in [0.1, 0.15) is 6.42 Å². The van der Waals surface area contributed by atoms with Gasteiger partial charge in [-0.15, -0.1) is 0 Å². The first-order valence-electron chi connectivity index (χ1n) is 5.40. The Labute approximate surface area is 105 Å². The maximum absolute atomic E-state index is 11.7. The number of carbonyl (C=O) groups excluding carboxylic acids is 1. The summed E-state index contributed by atoms with van der Waals surface area (Å²) in [5.41, 5.74) is 0.602. The lowest BCUT2D eigenvalue weighted by molar-refractivity contribution is -0.121. The SMILES string of the molecule is COc1ccc(Cl)cc1NC(=O)CC1COC1. The van der Waals surface area contributed by atoms with Crippen LogP contribution >= 0.6 is 11.6 Å². The third-order valence-corrected chi connectivity index (χ3v) is 2.85. The highest BCUT2D eigenvalue weighted by Crippen LogP contribution is 2.28. The average Bonchev–Trinajstić information content (AvgIpc) is 2.24. The number of nitrogens with one attached hydrogen (secondary N) is 1. The van der Waals surface area contributed by atoms with Gasteiger partial charge >= 0.3 is 0 Å². The fourth-order valence-corrected chi connectivity index (χ4v) is 1.82. The highest BCUT2D eigenvalue weighted by molar-refractivity contribution is 6.31. The quantitative estimate of drug-likeness (QED) is 0.898. The predicted octanol–water partition coefficient (Wildman–Crippen LogP) is 2.32. The van der Waals surface area contributed by atoms with E-state index in [9.17, 15) is 4.79 Å². The van der Waals surface area contributed by atoms with E-state index in [0.717, 1.165) is 0 Å². The van der Waals surface area contributed by atoms with Crippen LogP contribution in [0.4, 0.5) is 5.69 Å². The van der Waals surface area contributed by atoms with Crippen LogP contribution in [0.2, 0.25) is 5.02 Å². The fraction of sp³-hybridized carbons (Fsp3) is 0.417. The molecule has 92 valence electrons. The van der Waals surface area contributed by atoms with Crippen molar-refractivity contribution in [2.75, 3.05) is 25.6 Å². The van der Waals surface area contributed by atoms with Gasteiger partial charge in [0.05, 0.1) is 26.0 Å². The van der Waals surface area contributed by atoms with E-state index in [4.69, 9.17) is 21.1 Å². The Morgan fingerprint density at radius 2 is 2.35 bits per heavy atom. The lowest BCUT2D eigenvalue weighted by Gasteiger charge is -2.25. The zero-order chi connectivity index (χ0) is 12.3. The molecule has 1 aliphatic heterocycles. The minimum Gasteiger partial charge on any atom is -0.495 e. The Bertz CT molecular complexity index is 418. The zero-order valence-corrected chi connectivity index (χ0v) is 10.3. The largest absolute Gasteiger partial charge is 0.495 e. The van der Waals surface area contributed by atoms with Crippen molar-refractivity contribution >= 4 is 23.2 Å². The minimum atomic E-state index is -0.0427. The Kier molecular flexibility index (Phi) is 3.86. The molecule has 1 aromatic rings. The highest BCUT2D eigenvalue weighted by atomic mass is 35.5. The molecule has 0 spiro atoms. The van der Waals surface area contributed by atoms with Crippen molar-refractivity contribution in [3.63, 3.8) is 0 Å². The molecule has 1 N–H and O–H groups in total. The summed E-state index contributed by atoms with van der Waals surface area (Å²) in [5.74, 6) is 0.895. The van der Waals surface area contributed by atoms with Gasteiger partial charge in [-0.3, -0.25) is 4.79 Å². The summed E-state index contributed by atoms with van der Waals surface area (Å²) in [6, 6.07) is 5.12. The van der Waals surface area contributed by atoms with E-state index in [-0.39, 0.29) is 5.91 Å². The molecule has 2 rings (SSSR count). The molecule has 0 aliphatic carbocycles. The van der Waals surface area contributed by atoms with Crippen LogP contribution in [0.5, 0.6) is 5.75 Å². The van der Waals surface area contributed by atoms with Gasteiger partial charge in [-0.2, -0.15) is 0 Å². The summed E-state index contributed by atoms with van der Waals surface area (Å²) in [5, 5.41) is 3.36. The van der Waals surface area contributed by atoms with Crippen LogP contribution in [-0.2, 0) is 9.53 Å². The Balaban J connectivity index is 2.00. The van der Waals surface area contributed by atoms with Gasteiger partial charge in [0, 0.05) is 17.4 Å². The lowest BCUT2D eigenvalue weighted by atomic mass is 10.0. The molecular formula is C12H14ClNO3. The van der Waals surface area contributed by atoms with E-state index in [1.165, 1.54) is 0 Å². The smallest absolute Gasteiger partial charge is 0.224 e. The van der Waals surface area contributed by atoms with Gasteiger partial charge in [-0.1, -0.05) is 11.6 Å². The second-order valence-electron chi connectivity index (χ2n) is 4.00. The molecule has 0 saturated carbocycles. The van der Waals surface area contributed by atoms with Gasteiger partial charge in [-0.25, -0.2) is 0 Å². The molecular weight excluding hydrogens is 242 g/mol. The minimum absolute atomic E-state index is 0.0427. The average molecular weight is 256 g/mol. The van der Waals surface area contributed by atoms with Crippen molar-refractivity contribution in [1.29, 1.82) is 0 Å². The first-order valence-corrected chi connectivity index (χ1v) is 5.78. The van der Waals surface area contributed by atoms with E-state index in [2.05, 4.69) is 5.32 Å². The molecule has 0 bridgehead atoms. The Morgan fingerprint density at radius 3 is 2.94 bits per heavy atom. The number of carbonyl (C=O) groups is 1. The van der Waals surface area contributed by atoms with Crippen LogP contribution < -0.4 is 10.1 Å². The molecule has 0 aromatic heterocycles. The molecule has 0 atom stereocenters. The van der Waals surface area contributed by atoms with E-state index >= 15 is 0 Å². The van der Waals surface area contributed by atoms with E-state index in [1.54, 1.807) is 25.3 Å². The fourth-order valence-electron chi connectivity index (χ4n) is 1.64. The third-order valence-electron chi connectivity index (χ3n) is 2.62. The summed E-state index contributed by atoms with van der Waals surface area (Å²) in [6.07, 6.45) is 0.468. The molecule has 5 heteroatoms. The number of anilines is 1. The summed E-state index contributed by atoms with van der Waals surface area (Å²) in [6.45, 7) is 1.33. The van der Waals surface area contributed by atoms with Gasteiger partial charge < -0.3 is 14.8 Å². The maximum Gasteiger partial charge on any atom is 0.224 e. The Hall–Kier alpha value is -1.26. The molecule has 1 fully saturated rings. The van der Waals surface area contributed by atoms with Crippen LogP contribution in [0.25, 0.3) is 0 Å². The number of ether oxygens (including phenoxy) is 2. The molecule has 1 aliphatic rings. The molecule has 17 heavy (non-hydrogen) atoms. The lowest BCUT2D eigenvalue weighted by Crippen LogP contribution is -2.31. The van der Waals surface area contributed by atoms with Gasteiger partial charge in [0.15, 0.2) is 0 Å². The summed E-state index contributed by atoms with van der Waals surface area (Å²) in [7, 11) is 1.55. The van der Waals surface area contributed by atoms with Crippen molar-refractivity contribution in [2.24, 2.45) is 5.92 Å². The zero-order valence-electron chi connectivity index (χ0n) is 9.53. The van der Waals surface area contributed by atoms with Crippen LogP contribution in [-0.4, -0.2) is 26.2 Å². The van der Waals surface area contributed by atoms with Crippen LogP contribution in [0, 0.1) is 5.92 Å². The summed E-state index contributed by atoms with van der Waals surface area (Å²) < 4.78 is 10.2. The van der Waals surface area contributed by atoms with Crippen molar-refractivity contribution in [1.82, 2.24) is 0 Å². The van der Waals surface area contributed by atoms with Gasteiger partial charge in [0.2, 0.25) is 5.91 Å². The van der Waals surface area contributed by atoms with E-state index in [0.29, 0.717) is 42.0 Å². The van der Waals surface area contributed by atoms with Crippen molar-refractivity contribution in [2.45, 2.75) is 6.42 Å². The van der Waals surface area contributed by atoms with Crippen molar-refractivity contribution in [3.8, 4) is 5.75 Å². The molecule has 1 aromatic carbocycles. The van der Waals surface area contributed by atoms with Crippen LogP contribution in [0.3, 0.4) is 0 Å². The number of benzene rings is 1. The topological polar surface area (TPSA) is 47.6 Å². The van der Waals surface area contributed by atoms with E-state index < -0.39 is 0 Å². The third kappa shape index (κ3) is 3.11. The Morgan fingerprint density at radius 1 is 1.59 bits per heavy atom. The summed E-state index contributed by atoms with van der Waals surface area (Å²) >= 11 is 5.87. The van der Waals surface area contributed by atoms with Crippen molar-refractivity contribution < 1.29 is 14.3 Å². The normalized spacial score (nSPS) is 15.2.